The summed E-state index contributed by atoms with van der Waals surface area (Å²) in [6.45, 7) is 6.95. The molecule has 0 aromatic heterocycles. The van der Waals surface area contributed by atoms with Crippen molar-refractivity contribution in [3.8, 4) is 11.8 Å². The summed E-state index contributed by atoms with van der Waals surface area (Å²) in [6, 6.07) is 5.14. The molecule has 3 heteroatoms. The van der Waals surface area contributed by atoms with E-state index in [1.165, 1.54) is 6.07 Å². The summed E-state index contributed by atoms with van der Waals surface area (Å²) in [5, 5.41) is 8.66. The molecule has 1 aromatic carbocycles. The van der Waals surface area contributed by atoms with Crippen LogP contribution in [-0.4, -0.2) is 29.7 Å². The molecular formula is C17H24FNO. The fraction of sp³-hybridized carbons (Fsp3) is 0.529. The van der Waals surface area contributed by atoms with E-state index in [-0.39, 0.29) is 12.4 Å². The maximum absolute atomic E-state index is 14.1. The average Bonchev–Trinajstić information content (AvgIpc) is 2.42. The molecule has 0 saturated heterocycles. The molecule has 0 spiro atoms. The van der Waals surface area contributed by atoms with Gasteiger partial charge in [-0.05, 0) is 38.1 Å². The number of rotatable bonds is 7. The van der Waals surface area contributed by atoms with Crippen molar-refractivity contribution in [3.63, 3.8) is 0 Å². The van der Waals surface area contributed by atoms with Gasteiger partial charge in [-0.1, -0.05) is 31.8 Å². The molecule has 0 saturated carbocycles. The molecule has 0 aliphatic rings. The molecule has 20 heavy (non-hydrogen) atoms. The number of hydrogen-bond donors (Lipinski definition) is 1. The normalized spacial score (nSPS) is 10.4. The summed E-state index contributed by atoms with van der Waals surface area (Å²) in [5.74, 6) is 5.46. The molecule has 2 nitrogen and oxygen atoms in total. The standard InChI is InChI=1S/C17H24FNO/c1-3-10-19(11-4-2)14-16-9-8-15(13-17(16)18)7-5-6-12-20/h8-9,13,20H,3-4,6,10-12,14H2,1-2H3. The highest BCUT2D eigenvalue weighted by Crippen LogP contribution is 2.13. The van der Waals surface area contributed by atoms with Gasteiger partial charge in [0.2, 0.25) is 0 Å². The van der Waals surface area contributed by atoms with Gasteiger partial charge in [-0.2, -0.15) is 0 Å². The highest BCUT2D eigenvalue weighted by molar-refractivity contribution is 5.37. The minimum absolute atomic E-state index is 0.0383. The number of aliphatic hydroxyl groups is 1. The van der Waals surface area contributed by atoms with E-state index in [0.29, 0.717) is 18.5 Å². The minimum atomic E-state index is -0.196. The number of benzene rings is 1. The molecule has 0 bridgehead atoms. The third kappa shape index (κ3) is 5.73. The zero-order valence-electron chi connectivity index (χ0n) is 12.5. The summed E-state index contributed by atoms with van der Waals surface area (Å²) in [6.07, 6.45) is 2.57. The molecular weight excluding hydrogens is 253 g/mol. The Balaban J connectivity index is 2.74. The number of halogens is 1. The lowest BCUT2D eigenvalue weighted by Gasteiger charge is -2.21. The highest BCUT2D eigenvalue weighted by Gasteiger charge is 2.08. The van der Waals surface area contributed by atoms with Crippen molar-refractivity contribution >= 4 is 0 Å². The Kier molecular flexibility index (Phi) is 7.94. The van der Waals surface area contributed by atoms with Gasteiger partial charge in [-0.25, -0.2) is 4.39 Å². The van der Waals surface area contributed by atoms with E-state index in [1.807, 2.05) is 12.1 Å². The zero-order valence-corrected chi connectivity index (χ0v) is 12.5. The Bertz CT molecular complexity index is 456. The Hall–Kier alpha value is -1.37. The third-order valence-corrected chi connectivity index (χ3v) is 3.00. The van der Waals surface area contributed by atoms with E-state index >= 15 is 0 Å². The lowest BCUT2D eigenvalue weighted by atomic mass is 10.1. The van der Waals surface area contributed by atoms with E-state index in [9.17, 15) is 4.39 Å². The van der Waals surface area contributed by atoms with Crippen molar-refractivity contribution in [2.75, 3.05) is 19.7 Å². The average molecular weight is 277 g/mol. The van der Waals surface area contributed by atoms with E-state index in [4.69, 9.17) is 5.11 Å². The van der Waals surface area contributed by atoms with Crippen LogP contribution in [0.5, 0.6) is 0 Å². The summed E-state index contributed by atoms with van der Waals surface area (Å²) >= 11 is 0. The molecule has 110 valence electrons. The third-order valence-electron chi connectivity index (χ3n) is 3.00. The molecule has 0 amide bonds. The Morgan fingerprint density at radius 1 is 1.20 bits per heavy atom. The summed E-state index contributed by atoms with van der Waals surface area (Å²) in [4.78, 5) is 2.27. The van der Waals surface area contributed by atoms with Crippen LogP contribution < -0.4 is 0 Å². The van der Waals surface area contributed by atoms with Gasteiger partial charge >= 0.3 is 0 Å². The van der Waals surface area contributed by atoms with Gasteiger partial charge in [-0.3, -0.25) is 4.90 Å². The summed E-state index contributed by atoms with van der Waals surface area (Å²) < 4.78 is 14.1. The summed E-state index contributed by atoms with van der Waals surface area (Å²) in [7, 11) is 0. The quantitative estimate of drug-likeness (QED) is 0.774. The minimum Gasteiger partial charge on any atom is -0.395 e. The van der Waals surface area contributed by atoms with Crippen LogP contribution in [0.4, 0.5) is 4.39 Å². The predicted octanol–water partition coefficient (Wildman–Crippen LogP) is 3.18. The van der Waals surface area contributed by atoms with Gasteiger partial charge < -0.3 is 5.11 Å². The molecule has 0 aliphatic carbocycles. The number of hydrogen-bond acceptors (Lipinski definition) is 2. The Labute approximate surface area is 121 Å². The second-order valence-corrected chi connectivity index (χ2v) is 4.86. The van der Waals surface area contributed by atoms with Gasteiger partial charge in [0.05, 0.1) is 6.61 Å². The van der Waals surface area contributed by atoms with Crippen LogP contribution >= 0.6 is 0 Å². The Morgan fingerprint density at radius 2 is 1.90 bits per heavy atom. The lowest BCUT2D eigenvalue weighted by Crippen LogP contribution is -2.25. The SMILES string of the molecule is CCCN(CCC)Cc1ccc(C#CCCO)cc1F. The van der Waals surface area contributed by atoms with E-state index < -0.39 is 0 Å². The molecule has 1 N–H and O–H groups in total. The lowest BCUT2D eigenvalue weighted by molar-refractivity contribution is 0.263. The highest BCUT2D eigenvalue weighted by atomic mass is 19.1. The summed E-state index contributed by atoms with van der Waals surface area (Å²) in [5.41, 5.74) is 1.39. The zero-order chi connectivity index (χ0) is 14.8. The van der Waals surface area contributed by atoms with Crippen molar-refractivity contribution in [2.24, 2.45) is 0 Å². The maximum Gasteiger partial charge on any atom is 0.128 e. The van der Waals surface area contributed by atoms with Gasteiger partial charge in [0, 0.05) is 24.1 Å². The molecule has 0 radical (unpaired) electrons. The first-order valence-corrected chi connectivity index (χ1v) is 7.31. The smallest absolute Gasteiger partial charge is 0.128 e. The predicted molar refractivity (Wildman–Crippen MR) is 80.8 cm³/mol. The monoisotopic (exact) mass is 277 g/mol. The van der Waals surface area contributed by atoms with Crippen LogP contribution in [-0.2, 0) is 6.54 Å². The van der Waals surface area contributed by atoms with Gasteiger partial charge in [0.25, 0.3) is 0 Å². The van der Waals surface area contributed by atoms with Crippen molar-refractivity contribution in [1.29, 1.82) is 0 Å². The van der Waals surface area contributed by atoms with Crippen LogP contribution in [0.3, 0.4) is 0 Å². The van der Waals surface area contributed by atoms with E-state index in [1.54, 1.807) is 0 Å². The van der Waals surface area contributed by atoms with Crippen LogP contribution in [0.2, 0.25) is 0 Å². The first-order valence-electron chi connectivity index (χ1n) is 7.31. The van der Waals surface area contributed by atoms with Gasteiger partial charge in [0.15, 0.2) is 0 Å². The number of aliphatic hydroxyl groups excluding tert-OH is 1. The fourth-order valence-electron chi connectivity index (χ4n) is 2.12. The second kappa shape index (κ2) is 9.52. The molecule has 0 unspecified atom stereocenters. The topological polar surface area (TPSA) is 23.5 Å². The van der Waals surface area contributed by atoms with Crippen molar-refractivity contribution in [3.05, 3.63) is 35.1 Å². The Morgan fingerprint density at radius 3 is 2.45 bits per heavy atom. The first kappa shape index (κ1) is 16.7. The largest absolute Gasteiger partial charge is 0.395 e. The molecule has 0 heterocycles. The first-order chi connectivity index (χ1) is 9.71. The molecule has 1 aromatic rings. The van der Waals surface area contributed by atoms with E-state index in [0.717, 1.165) is 31.5 Å². The fourth-order valence-corrected chi connectivity index (χ4v) is 2.12. The van der Waals surface area contributed by atoms with Gasteiger partial charge in [0.1, 0.15) is 5.82 Å². The second-order valence-electron chi connectivity index (χ2n) is 4.86. The molecule has 0 aliphatic heterocycles. The number of nitrogens with zero attached hydrogens (tertiary/aromatic N) is 1. The van der Waals surface area contributed by atoms with Crippen molar-refractivity contribution in [1.82, 2.24) is 4.90 Å². The molecule has 1 rings (SSSR count). The molecule has 0 fully saturated rings. The maximum atomic E-state index is 14.1. The molecule has 0 atom stereocenters. The van der Waals surface area contributed by atoms with Crippen LogP contribution in [0, 0.1) is 17.7 Å². The van der Waals surface area contributed by atoms with Gasteiger partial charge in [-0.15, -0.1) is 0 Å². The van der Waals surface area contributed by atoms with Crippen LogP contribution in [0.1, 0.15) is 44.2 Å². The van der Waals surface area contributed by atoms with E-state index in [2.05, 4.69) is 30.6 Å². The van der Waals surface area contributed by atoms with Crippen molar-refractivity contribution in [2.45, 2.75) is 39.7 Å². The van der Waals surface area contributed by atoms with Crippen LogP contribution in [0.25, 0.3) is 0 Å². The van der Waals surface area contributed by atoms with Crippen LogP contribution in [0.15, 0.2) is 18.2 Å². The van der Waals surface area contributed by atoms with Crippen molar-refractivity contribution < 1.29 is 9.50 Å².